The summed E-state index contributed by atoms with van der Waals surface area (Å²) in [6.45, 7) is 2.04. The molecule has 0 spiro atoms. The molecule has 0 aliphatic heterocycles. The highest BCUT2D eigenvalue weighted by Gasteiger charge is 2.40. The summed E-state index contributed by atoms with van der Waals surface area (Å²) < 4.78 is 1.04. The summed E-state index contributed by atoms with van der Waals surface area (Å²) in [7, 11) is 0. The number of amides is 1. The highest BCUT2D eigenvalue weighted by Crippen LogP contribution is 2.41. The first-order chi connectivity index (χ1) is 9.07. The zero-order valence-corrected chi connectivity index (χ0v) is 12.9. The van der Waals surface area contributed by atoms with Gasteiger partial charge >= 0.3 is 0 Å². The second-order valence-corrected chi connectivity index (χ2v) is 6.25. The van der Waals surface area contributed by atoms with E-state index >= 15 is 0 Å². The van der Waals surface area contributed by atoms with Gasteiger partial charge in [0.1, 0.15) is 0 Å². The Morgan fingerprint density at radius 3 is 2.79 bits per heavy atom. The third kappa shape index (κ3) is 3.18. The van der Waals surface area contributed by atoms with Crippen LogP contribution in [0.1, 0.15) is 44.6 Å². The Hall–Kier alpha value is -0.870. The van der Waals surface area contributed by atoms with Gasteiger partial charge in [-0.2, -0.15) is 0 Å². The van der Waals surface area contributed by atoms with Crippen molar-refractivity contribution in [3.05, 3.63) is 34.3 Å². The summed E-state index contributed by atoms with van der Waals surface area (Å²) in [4.78, 5) is 12.2. The van der Waals surface area contributed by atoms with Crippen LogP contribution in [0.25, 0.3) is 0 Å². The van der Waals surface area contributed by atoms with Gasteiger partial charge in [-0.25, -0.2) is 0 Å². The largest absolute Gasteiger partial charge is 0.345 e. The molecule has 2 rings (SSSR count). The van der Waals surface area contributed by atoms with Crippen molar-refractivity contribution < 1.29 is 4.79 Å². The molecule has 0 saturated heterocycles. The molecule has 1 aromatic carbocycles. The Labute approximate surface area is 123 Å². The Balaban J connectivity index is 2.13. The van der Waals surface area contributed by atoms with Crippen LogP contribution in [0.15, 0.2) is 28.7 Å². The smallest absolute Gasteiger partial charge is 0.237 e. The van der Waals surface area contributed by atoms with Gasteiger partial charge < -0.3 is 11.1 Å². The van der Waals surface area contributed by atoms with E-state index in [4.69, 9.17) is 5.73 Å². The van der Waals surface area contributed by atoms with Gasteiger partial charge in [-0.1, -0.05) is 41.4 Å². The standard InChI is InChI=1S/C15H21BrN2O/c1-2-5-13(17)14(19)18-15(8-4-9-15)11-6-3-7-12(16)10-11/h3,6-7,10,13H,2,4-5,8-9,17H2,1H3,(H,18,19). The van der Waals surface area contributed by atoms with Gasteiger partial charge in [0.25, 0.3) is 0 Å². The number of nitrogens with two attached hydrogens (primary N) is 1. The monoisotopic (exact) mass is 324 g/mol. The summed E-state index contributed by atoms with van der Waals surface area (Å²) in [5, 5.41) is 3.17. The lowest BCUT2D eigenvalue weighted by Gasteiger charge is -2.43. The van der Waals surface area contributed by atoms with Crippen LogP contribution in [-0.2, 0) is 10.3 Å². The fraction of sp³-hybridized carbons (Fsp3) is 0.533. The number of nitrogens with one attached hydrogen (secondary N) is 1. The van der Waals surface area contributed by atoms with Gasteiger partial charge in [0.2, 0.25) is 5.91 Å². The number of carbonyl (C=O) groups excluding carboxylic acids is 1. The quantitative estimate of drug-likeness (QED) is 0.874. The minimum atomic E-state index is -0.394. The van der Waals surface area contributed by atoms with E-state index in [9.17, 15) is 4.79 Å². The van der Waals surface area contributed by atoms with E-state index in [1.165, 1.54) is 5.56 Å². The summed E-state index contributed by atoms with van der Waals surface area (Å²) in [5.41, 5.74) is 6.87. The molecule has 4 heteroatoms. The van der Waals surface area contributed by atoms with Crippen LogP contribution in [0.2, 0.25) is 0 Å². The molecule has 104 valence electrons. The number of halogens is 1. The summed E-state index contributed by atoms with van der Waals surface area (Å²) in [6, 6.07) is 7.79. The van der Waals surface area contributed by atoms with Crippen LogP contribution >= 0.6 is 15.9 Å². The van der Waals surface area contributed by atoms with Gasteiger partial charge in [0.15, 0.2) is 0 Å². The van der Waals surface area contributed by atoms with E-state index in [1.807, 2.05) is 19.1 Å². The number of hydrogen-bond acceptors (Lipinski definition) is 2. The molecule has 0 radical (unpaired) electrons. The number of benzene rings is 1. The van der Waals surface area contributed by atoms with Crippen molar-refractivity contribution in [2.24, 2.45) is 5.73 Å². The summed E-state index contributed by atoms with van der Waals surface area (Å²) >= 11 is 3.49. The zero-order chi connectivity index (χ0) is 13.9. The maximum Gasteiger partial charge on any atom is 0.237 e. The molecule has 0 heterocycles. The zero-order valence-electron chi connectivity index (χ0n) is 11.3. The lowest BCUT2D eigenvalue weighted by molar-refractivity contribution is -0.125. The van der Waals surface area contributed by atoms with Crippen molar-refractivity contribution in [1.29, 1.82) is 0 Å². The molecule has 1 atom stereocenters. The molecule has 3 nitrogen and oxygen atoms in total. The lowest BCUT2D eigenvalue weighted by Crippen LogP contribution is -2.55. The molecule has 0 aromatic heterocycles. The van der Waals surface area contributed by atoms with Crippen LogP contribution in [0, 0.1) is 0 Å². The van der Waals surface area contributed by atoms with E-state index in [1.54, 1.807) is 0 Å². The Morgan fingerprint density at radius 2 is 2.26 bits per heavy atom. The third-order valence-corrected chi connectivity index (χ3v) is 4.38. The SMILES string of the molecule is CCCC(N)C(=O)NC1(c2cccc(Br)c2)CCC1. The number of carbonyl (C=O) groups is 1. The highest BCUT2D eigenvalue weighted by atomic mass is 79.9. The minimum absolute atomic E-state index is 0.0264. The molecule has 1 aromatic rings. The number of rotatable bonds is 5. The third-order valence-electron chi connectivity index (χ3n) is 3.88. The van der Waals surface area contributed by atoms with E-state index < -0.39 is 6.04 Å². The second kappa shape index (κ2) is 6.06. The van der Waals surface area contributed by atoms with E-state index in [-0.39, 0.29) is 11.4 Å². The highest BCUT2D eigenvalue weighted by molar-refractivity contribution is 9.10. The van der Waals surface area contributed by atoms with Crippen molar-refractivity contribution in [3.8, 4) is 0 Å². The van der Waals surface area contributed by atoms with E-state index in [2.05, 4.69) is 33.4 Å². The average Bonchev–Trinajstić information content (AvgIpc) is 2.33. The molecular formula is C15H21BrN2O. The molecule has 0 bridgehead atoms. The molecule has 1 fully saturated rings. The normalized spacial score (nSPS) is 18.5. The van der Waals surface area contributed by atoms with Crippen molar-refractivity contribution in [3.63, 3.8) is 0 Å². The van der Waals surface area contributed by atoms with Crippen LogP contribution in [0.5, 0.6) is 0 Å². The molecule has 1 aliphatic carbocycles. The molecule has 1 unspecified atom stereocenters. The maximum absolute atomic E-state index is 12.2. The minimum Gasteiger partial charge on any atom is -0.345 e. The molecule has 3 N–H and O–H groups in total. The van der Waals surface area contributed by atoms with Gasteiger partial charge in [-0.15, -0.1) is 0 Å². The molecule has 1 saturated carbocycles. The molecule has 19 heavy (non-hydrogen) atoms. The summed E-state index contributed by atoms with van der Waals surface area (Å²) in [5.74, 6) is -0.0264. The van der Waals surface area contributed by atoms with Crippen LogP contribution in [0.4, 0.5) is 0 Å². The second-order valence-electron chi connectivity index (χ2n) is 5.33. The summed E-state index contributed by atoms with van der Waals surface area (Å²) in [6.07, 6.45) is 4.80. The van der Waals surface area contributed by atoms with Crippen LogP contribution in [0.3, 0.4) is 0 Å². The molecular weight excluding hydrogens is 304 g/mol. The lowest BCUT2D eigenvalue weighted by atomic mass is 9.71. The van der Waals surface area contributed by atoms with E-state index in [0.717, 1.165) is 36.6 Å². The van der Waals surface area contributed by atoms with Gasteiger partial charge in [0, 0.05) is 4.47 Å². The maximum atomic E-state index is 12.2. The van der Waals surface area contributed by atoms with Gasteiger partial charge in [-0.3, -0.25) is 4.79 Å². The first kappa shape index (κ1) is 14.5. The topological polar surface area (TPSA) is 55.1 Å². The van der Waals surface area contributed by atoms with E-state index in [0.29, 0.717) is 0 Å². The fourth-order valence-electron chi connectivity index (χ4n) is 2.57. The van der Waals surface area contributed by atoms with Crippen LogP contribution in [-0.4, -0.2) is 11.9 Å². The molecule has 1 aliphatic rings. The van der Waals surface area contributed by atoms with Crippen LogP contribution < -0.4 is 11.1 Å². The predicted molar refractivity (Wildman–Crippen MR) is 80.7 cm³/mol. The first-order valence-corrected chi connectivity index (χ1v) is 7.70. The predicted octanol–water partition coefficient (Wildman–Crippen LogP) is 3.07. The Morgan fingerprint density at radius 1 is 1.53 bits per heavy atom. The van der Waals surface area contributed by atoms with Crippen molar-refractivity contribution >= 4 is 21.8 Å². The van der Waals surface area contributed by atoms with Gasteiger partial charge in [0.05, 0.1) is 11.6 Å². The van der Waals surface area contributed by atoms with Crippen molar-refractivity contribution in [2.75, 3.05) is 0 Å². The van der Waals surface area contributed by atoms with Crippen molar-refractivity contribution in [2.45, 2.75) is 50.6 Å². The Kier molecular flexibility index (Phi) is 4.63. The van der Waals surface area contributed by atoms with Gasteiger partial charge in [-0.05, 0) is 43.4 Å². The first-order valence-electron chi connectivity index (χ1n) is 6.91. The van der Waals surface area contributed by atoms with Crippen molar-refractivity contribution in [1.82, 2.24) is 5.32 Å². The average molecular weight is 325 g/mol. The number of hydrogen-bond donors (Lipinski definition) is 2. The Bertz CT molecular complexity index is 457. The molecule has 1 amide bonds. The fourth-order valence-corrected chi connectivity index (χ4v) is 2.97.